The fourth-order valence-corrected chi connectivity index (χ4v) is 3.17. The van der Waals surface area contributed by atoms with Gasteiger partial charge in [-0.05, 0) is 48.5 Å². The van der Waals surface area contributed by atoms with Crippen LogP contribution in [0.3, 0.4) is 0 Å². The number of methoxy groups -OCH3 is 4. The summed E-state index contributed by atoms with van der Waals surface area (Å²) in [6, 6.07) is 16.9. The van der Waals surface area contributed by atoms with Gasteiger partial charge in [0.25, 0.3) is 11.8 Å². The molecular weight excluding hydrogens is 412 g/mol. The van der Waals surface area contributed by atoms with E-state index in [4.69, 9.17) is 18.9 Å². The van der Waals surface area contributed by atoms with Crippen LogP contribution in [-0.2, 0) is 0 Å². The van der Waals surface area contributed by atoms with Crippen LogP contribution in [0.5, 0.6) is 23.0 Å². The number of anilines is 2. The molecule has 2 N–H and O–H groups in total. The molecule has 0 aliphatic carbocycles. The Labute approximate surface area is 186 Å². The summed E-state index contributed by atoms with van der Waals surface area (Å²) in [7, 11) is 5.97. The zero-order chi connectivity index (χ0) is 23.1. The molecule has 0 saturated heterocycles. The number of hydrogen-bond donors (Lipinski definition) is 2. The molecular formula is C24H24N2O6. The van der Waals surface area contributed by atoms with Crippen LogP contribution in [0.25, 0.3) is 0 Å². The number of carbonyl (C=O) groups excluding carboxylic acids is 2. The zero-order valence-corrected chi connectivity index (χ0v) is 18.2. The lowest BCUT2D eigenvalue weighted by Crippen LogP contribution is -2.15. The summed E-state index contributed by atoms with van der Waals surface area (Å²) < 4.78 is 21.1. The van der Waals surface area contributed by atoms with Gasteiger partial charge in [-0.3, -0.25) is 9.59 Å². The highest BCUT2D eigenvalue weighted by Crippen LogP contribution is 2.32. The number of carbonyl (C=O) groups is 2. The van der Waals surface area contributed by atoms with Crippen LogP contribution in [0.1, 0.15) is 20.7 Å². The smallest absolute Gasteiger partial charge is 0.259 e. The molecule has 0 atom stereocenters. The second-order valence-electron chi connectivity index (χ2n) is 6.57. The van der Waals surface area contributed by atoms with Crippen molar-refractivity contribution in [2.75, 3.05) is 39.1 Å². The van der Waals surface area contributed by atoms with Crippen molar-refractivity contribution in [3.63, 3.8) is 0 Å². The van der Waals surface area contributed by atoms with Gasteiger partial charge in [0, 0.05) is 11.4 Å². The number of benzene rings is 3. The molecule has 0 heterocycles. The minimum atomic E-state index is -0.348. The molecule has 0 aliphatic heterocycles. The average molecular weight is 436 g/mol. The summed E-state index contributed by atoms with van der Waals surface area (Å²) in [4.78, 5) is 25.4. The Hall–Kier alpha value is -4.20. The van der Waals surface area contributed by atoms with E-state index in [1.165, 1.54) is 28.4 Å². The van der Waals surface area contributed by atoms with Crippen LogP contribution in [0.2, 0.25) is 0 Å². The molecule has 0 bridgehead atoms. The van der Waals surface area contributed by atoms with E-state index < -0.39 is 0 Å². The Morgan fingerprint density at radius 2 is 0.938 bits per heavy atom. The van der Waals surface area contributed by atoms with Crippen molar-refractivity contribution in [2.45, 2.75) is 0 Å². The molecule has 0 fully saturated rings. The molecule has 2 amide bonds. The number of ether oxygens (including phenoxy) is 4. The number of para-hydroxylation sites is 2. The van der Waals surface area contributed by atoms with Gasteiger partial charge in [-0.25, -0.2) is 0 Å². The molecule has 0 unspecified atom stereocenters. The summed E-state index contributed by atoms with van der Waals surface area (Å²) in [6.07, 6.45) is 0. The van der Waals surface area contributed by atoms with E-state index in [0.717, 1.165) is 0 Å². The Balaban J connectivity index is 1.73. The van der Waals surface area contributed by atoms with E-state index in [9.17, 15) is 9.59 Å². The Morgan fingerprint density at radius 3 is 1.25 bits per heavy atom. The maximum Gasteiger partial charge on any atom is 0.259 e. The largest absolute Gasteiger partial charge is 0.493 e. The van der Waals surface area contributed by atoms with Gasteiger partial charge in [0.1, 0.15) is 0 Å². The summed E-state index contributed by atoms with van der Waals surface area (Å²) in [5, 5.41) is 5.61. The van der Waals surface area contributed by atoms with Crippen LogP contribution in [0, 0.1) is 0 Å². The van der Waals surface area contributed by atoms with E-state index >= 15 is 0 Å². The predicted molar refractivity (Wildman–Crippen MR) is 121 cm³/mol. The first-order valence-corrected chi connectivity index (χ1v) is 9.67. The Kier molecular flexibility index (Phi) is 7.17. The minimum absolute atomic E-state index is 0.342. The van der Waals surface area contributed by atoms with Gasteiger partial charge in [-0.1, -0.05) is 12.1 Å². The SMILES string of the molecule is COc1cccc(C(=O)Nc2ccc(NC(=O)c3cccc(OC)c3OC)cc2)c1OC. The Morgan fingerprint density at radius 1 is 0.562 bits per heavy atom. The van der Waals surface area contributed by atoms with Crippen LogP contribution < -0.4 is 29.6 Å². The van der Waals surface area contributed by atoms with Gasteiger partial charge in [0.05, 0.1) is 39.6 Å². The molecule has 3 aromatic carbocycles. The summed E-state index contributed by atoms with van der Waals surface area (Å²) in [5.74, 6) is 0.932. The van der Waals surface area contributed by atoms with E-state index in [-0.39, 0.29) is 11.8 Å². The van der Waals surface area contributed by atoms with Crippen molar-refractivity contribution in [3.8, 4) is 23.0 Å². The molecule has 0 saturated carbocycles. The molecule has 0 aliphatic rings. The van der Waals surface area contributed by atoms with Crippen LogP contribution >= 0.6 is 0 Å². The normalized spacial score (nSPS) is 10.1. The number of amides is 2. The maximum absolute atomic E-state index is 12.7. The molecule has 166 valence electrons. The molecule has 0 aromatic heterocycles. The second kappa shape index (κ2) is 10.2. The standard InChI is InChI=1S/C24H24N2O6/c1-29-19-9-5-7-17(21(19)31-3)23(27)25-15-11-13-16(14-12-15)26-24(28)18-8-6-10-20(30-2)22(18)32-4/h5-14H,1-4H3,(H,25,27)(H,26,28). The van der Waals surface area contributed by atoms with Crippen LogP contribution in [0.15, 0.2) is 60.7 Å². The van der Waals surface area contributed by atoms with Gasteiger partial charge in [0.15, 0.2) is 23.0 Å². The lowest BCUT2D eigenvalue weighted by molar-refractivity contribution is 0.101. The van der Waals surface area contributed by atoms with Crippen molar-refractivity contribution < 1.29 is 28.5 Å². The van der Waals surface area contributed by atoms with Crippen molar-refractivity contribution in [2.24, 2.45) is 0 Å². The summed E-state index contributed by atoms with van der Waals surface area (Å²) in [6.45, 7) is 0. The predicted octanol–water partition coefficient (Wildman–Crippen LogP) is 4.23. The maximum atomic E-state index is 12.7. The number of nitrogens with one attached hydrogen (secondary N) is 2. The summed E-state index contributed by atoms with van der Waals surface area (Å²) >= 11 is 0. The highest BCUT2D eigenvalue weighted by Gasteiger charge is 2.18. The van der Waals surface area contributed by atoms with Gasteiger partial charge in [-0.2, -0.15) is 0 Å². The van der Waals surface area contributed by atoms with Gasteiger partial charge >= 0.3 is 0 Å². The molecule has 32 heavy (non-hydrogen) atoms. The average Bonchev–Trinajstić information content (AvgIpc) is 2.83. The van der Waals surface area contributed by atoms with Crippen LogP contribution in [-0.4, -0.2) is 40.3 Å². The molecule has 8 heteroatoms. The Bertz CT molecular complexity index is 1020. The first-order chi connectivity index (χ1) is 15.5. The molecule has 8 nitrogen and oxygen atoms in total. The van der Waals surface area contributed by atoms with E-state index in [2.05, 4.69) is 10.6 Å². The minimum Gasteiger partial charge on any atom is -0.493 e. The van der Waals surface area contributed by atoms with Gasteiger partial charge in [0.2, 0.25) is 0 Å². The third kappa shape index (κ3) is 4.75. The van der Waals surface area contributed by atoms with Crippen molar-refractivity contribution in [1.29, 1.82) is 0 Å². The second-order valence-corrected chi connectivity index (χ2v) is 6.57. The quantitative estimate of drug-likeness (QED) is 0.549. The number of rotatable bonds is 8. The highest BCUT2D eigenvalue weighted by molar-refractivity contribution is 6.08. The molecule has 0 spiro atoms. The fraction of sp³-hybridized carbons (Fsp3) is 0.167. The molecule has 0 radical (unpaired) electrons. The van der Waals surface area contributed by atoms with E-state index in [0.29, 0.717) is 45.5 Å². The first-order valence-electron chi connectivity index (χ1n) is 9.67. The van der Waals surface area contributed by atoms with Crippen molar-refractivity contribution in [3.05, 3.63) is 71.8 Å². The lowest BCUT2D eigenvalue weighted by Gasteiger charge is -2.14. The zero-order valence-electron chi connectivity index (χ0n) is 18.2. The van der Waals surface area contributed by atoms with Crippen molar-refractivity contribution >= 4 is 23.2 Å². The molecule has 3 aromatic rings. The van der Waals surface area contributed by atoms with E-state index in [1.807, 2.05) is 0 Å². The fourth-order valence-electron chi connectivity index (χ4n) is 3.17. The van der Waals surface area contributed by atoms with Gasteiger partial charge < -0.3 is 29.6 Å². The van der Waals surface area contributed by atoms with Crippen LogP contribution in [0.4, 0.5) is 11.4 Å². The van der Waals surface area contributed by atoms with Crippen molar-refractivity contribution in [1.82, 2.24) is 0 Å². The monoisotopic (exact) mass is 436 g/mol. The lowest BCUT2D eigenvalue weighted by atomic mass is 10.1. The van der Waals surface area contributed by atoms with E-state index in [1.54, 1.807) is 60.7 Å². The number of hydrogen-bond acceptors (Lipinski definition) is 6. The molecule has 3 rings (SSSR count). The highest BCUT2D eigenvalue weighted by atomic mass is 16.5. The first kappa shape index (κ1) is 22.5. The van der Waals surface area contributed by atoms with Gasteiger partial charge in [-0.15, -0.1) is 0 Å². The summed E-state index contributed by atoms with van der Waals surface area (Å²) in [5.41, 5.74) is 1.79. The third-order valence-electron chi connectivity index (χ3n) is 4.70. The topological polar surface area (TPSA) is 95.1 Å². The third-order valence-corrected chi connectivity index (χ3v) is 4.70.